The van der Waals surface area contributed by atoms with Crippen LogP contribution in [0, 0.1) is 10.1 Å². The molecule has 130 valence electrons. The highest BCUT2D eigenvalue weighted by molar-refractivity contribution is 8.93. The highest BCUT2D eigenvalue weighted by Crippen LogP contribution is 2.25. The van der Waals surface area contributed by atoms with E-state index in [4.69, 9.17) is 0 Å². The Balaban J connectivity index is 0.00000208. The molecule has 1 saturated heterocycles. The van der Waals surface area contributed by atoms with Gasteiger partial charge in [-0.25, -0.2) is 0 Å². The zero-order chi connectivity index (χ0) is 16.4. The first-order chi connectivity index (χ1) is 11.0. The Hall–Kier alpha value is -2.00. The van der Waals surface area contributed by atoms with Gasteiger partial charge in [0.05, 0.1) is 16.0 Å². The topological polar surface area (TPSA) is 112 Å². The molecule has 0 spiro atoms. The summed E-state index contributed by atoms with van der Waals surface area (Å²) in [6.07, 6.45) is 4.55. The van der Waals surface area contributed by atoms with Gasteiger partial charge < -0.3 is 9.97 Å². The number of nitro groups is 1. The summed E-state index contributed by atoms with van der Waals surface area (Å²) in [5.41, 5.74) is -0.387. The number of nitro benzene ring substituents is 1. The van der Waals surface area contributed by atoms with Crippen molar-refractivity contribution in [3.63, 3.8) is 0 Å². The van der Waals surface area contributed by atoms with E-state index in [9.17, 15) is 19.7 Å². The molecule has 0 bridgehead atoms. The average molecular weight is 399 g/mol. The van der Waals surface area contributed by atoms with Crippen molar-refractivity contribution in [2.45, 2.75) is 32.2 Å². The maximum Gasteiger partial charge on any atom is 0.314 e. The summed E-state index contributed by atoms with van der Waals surface area (Å²) >= 11 is 0. The number of benzene rings is 1. The molecule has 0 radical (unpaired) electrons. The van der Waals surface area contributed by atoms with Crippen LogP contribution in [0.4, 0.5) is 5.69 Å². The molecule has 9 heteroatoms. The Morgan fingerprint density at radius 3 is 2.08 bits per heavy atom. The van der Waals surface area contributed by atoms with Crippen molar-refractivity contribution < 1.29 is 4.92 Å². The Morgan fingerprint density at radius 2 is 1.54 bits per heavy atom. The molecule has 2 heterocycles. The fourth-order valence-corrected chi connectivity index (χ4v) is 3.03. The second-order valence-electron chi connectivity index (χ2n) is 5.88. The summed E-state index contributed by atoms with van der Waals surface area (Å²) in [5.74, 6) is 0. The van der Waals surface area contributed by atoms with Crippen LogP contribution >= 0.6 is 17.0 Å². The third kappa shape index (κ3) is 3.90. The lowest BCUT2D eigenvalue weighted by atomic mass is 10.1. The molecule has 0 atom stereocenters. The molecule has 1 aliphatic heterocycles. The number of aromatic amines is 2. The van der Waals surface area contributed by atoms with Crippen LogP contribution in [0.15, 0.2) is 21.7 Å². The number of halogens is 1. The molecule has 8 nitrogen and oxygen atoms in total. The minimum Gasteiger partial charge on any atom is -0.316 e. The summed E-state index contributed by atoms with van der Waals surface area (Å²) in [6, 6.07) is 2.91. The van der Waals surface area contributed by atoms with E-state index in [-0.39, 0.29) is 28.2 Å². The van der Waals surface area contributed by atoms with Gasteiger partial charge in [-0.05, 0) is 32.0 Å². The molecular weight excluding hydrogens is 380 g/mol. The van der Waals surface area contributed by atoms with Crippen LogP contribution < -0.4 is 11.1 Å². The van der Waals surface area contributed by atoms with Gasteiger partial charge in [0.15, 0.2) is 0 Å². The number of nitrogens with one attached hydrogen (secondary N) is 2. The van der Waals surface area contributed by atoms with E-state index in [1.54, 1.807) is 6.07 Å². The van der Waals surface area contributed by atoms with Crippen LogP contribution in [0.5, 0.6) is 0 Å². The fraction of sp³-hybridized carbons (Fsp3) is 0.467. The molecular formula is C15H19BrN4O4. The average Bonchev–Trinajstić information content (AvgIpc) is 2.77. The van der Waals surface area contributed by atoms with Gasteiger partial charge in [-0.15, -0.1) is 17.0 Å². The fourth-order valence-electron chi connectivity index (χ4n) is 3.03. The minimum atomic E-state index is -0.813. The van der Waals surface area contributed by atoms with Crippen LogP contribution in [-0.4, -0.2) is 32.9 Å². The second-order valence-corrected chi connectivity index (χ2v) is 5.88. The summed E-state index contributed by atoms with van der Waals surface area (Å²) in [7, 11) is 0. The molecule has 1 aromatic heterocycles. The van der Waals surface area contributed by atoms with E-state index >= 15 is 0 Å². The van der Waals surface area contributed by atoms with E-state index in [0.717, 1.165) is 25.9 Å². The first-order valence-corrected chi connectivity index (χ1v) is 7.70. The normalized spacial score (nSPS) is 15.7. The van der Waals surface area contributed by atoms with Gasteiger partial charge in [0.1, 0.15) is 0 Å². The van der Waals surface area contributed by atoms with Crippen molar-refractivity contribution in [2.75, 3.05) is 13.1 Å². The predicted molar refractivity (Wildman–Crippen MR) is 95.9 cm³/mol. The van der Waals surface area contributed by atoms with Gasteiger partial charge in [0, 0.05) is 18.2 Å². The molecule has 1 fully saturated rings. The molecule has 0 saturated carbocycles. The van der Waals surface area contributed by atoms with Crippen LogP contribution in [0.1, 0.15) is 31.2 Å². The number of H-pyrrole nitrogens is 2. The SMILES string of the molecule is Br.O=c1[nH]c2cc(CN3CCCCCC3)c([N+](=O)[O-])cc2[nH]c1=O. The molecule has 0 aliphatic carbocycles. The smallest absolute Gasteiger partial charge is 0.314 e. The molecule has 1 aromatic carbocycles. The highest BCUT2D eigenvalue weighted by atomic mass is 79.9. The maximum atomic E-state index is 11.5. The van der Waals surface area contributed by atoms with Crippen LogP contribution in [0.25, 0.3) is 11.0 Å². The molecule has 2 N–H and O–H groups in total. The number of nitrogens with zero attached hydrogens (tertiary/aromatic N) is 2. The number of hydrogen-bond donors (Lipinski definition) is 2. The van der Waals surface area contributed by atoms with Crippen molar-refractivity contribution in [1.29, 1.82) is 0 Å². The third-order valence-corrected chi connectivity index (χ3v) is 4.21. The summed E-state index contributed by atoms with van der Waals surface area (Å²) in [6.45, 7) is 2.29. The largest absolute Gasteiger partial charge is 0.316 e. The van der Waals surface area contributed by atoms with Gasteiger partial charge in [-0.3, -0.25) is 24.6 Å². The molecule has 3 rings (SSSR count). The van der Waals surface area contributed by atoms with Crippen LogP contribution in [0.3, 0.4) is 0 Å². The van der Waals surface area contributed by atoms with Gasteiger partial charge in [-0.2, -0.15) is 0 Å². The van der Waals surface area contributed by atoms with E-state index < -0.39 is 16.0 Å². The maximum absolute atomic E-state index is 11.5. The summed E-state index contributed by atoms with van der Waals surface area (Å²) in [5, 5.41) is 11.3. The zero-order valence-corrected chi connectivity index (χ0v) is 14.8. The Morgan fingerprint density at radius 1 is 1.00 bits per heavy atom. The minimum absolute atomic E-state index is 0. The molecule has 2 aromatic rings. The van der Waals surface area contributed by atoms with E-state index in [1.165, 1.54) is 18.9 Å². The highest BCUT2D eigenvalue weighted by Gasteiger charge is 2.19. The first kappa shape index (κ1) is 18.3. The number of aromatic nitrogens is 2. The number of likely N-dealkylation sites (tertiary alicyclic amines) is 1. The third-order valence-electron chi connectivity index (χ3n) is 4.21. The van der Waals surface area contributed by atoms with E-state index in [0.29, 0.717) is 17.6 Å². The second kappa shape index (κ2) is 7.71. The van der Waals surface area contributed by atoms with E-state index in [2.05, 4.69) is 14.9 Å². The number of rotatable bonds is 3. The molecule has 24 heavy (non-hydrogen) atoms. The van der Waals surface area contributed by atoms with Crippen molar-refractivity contribution in [2.24, 2.45) is 0 Å². The first-order valence-electron chi connectivity index (χ1n) is 7.70. The van der Waals surface area contributed by atoms with Gasteiger partial charge in [0.2, 0.25) is 0 Å². The molecule has 1 aliphatic rings. The predicted octanol–water partition coefficient (Wildman–Crippen LogP) is 2.08. The lowest BCUT2D eigenvalue weighted by molar-refractivity contribution is -0.385. The van der Waals surface area contributed by atoms with E-state index in [1.807, 2.05) is 0 Å². The quantitative estimate of drug-likeness (QED) is 0.466. The van der Waals surface area contributed by atoms with Gasteiger partial charge in [-0.1, -0.05) is 12.8 Å². The standard InChI is InChI=1S/C15H18N4O4.BrH/c20-14-15(21)17-12-8-13(19(22)23)10(7-11(12)16-14)9-18-5-3-1-2-4-6-18;/h7-8H,1-6,9H2,(H,16,20)(H,17,21);1H. The monoisotopic (exact) mass is 398 g/mol. The Labute approximate surface area is 147 Å². The molecule has 0 unspecified atom stereocenters. The lowest BCUT2D eigenvalue weighted by Crippen LogP contribution is -2.29. The van der Waals surface area contributed by atoms with Crippen molar-refractivity contribution >= 4 is 33.7 Å². The lowest BCUT2D eigenvalue weighted by Gasteiger charge is -2.19. The van der Waals surface area contributed by atoms with Gasteiger partial charge in [0.25, 0.3) is 5.69 Å². The zero-order valence-electron chi connectivity index (χ0n) is 13.0. The van der Waals surface area contributed by atoms with Crippen LogP contribution in [-0.2, 0) is 6.54 Å². The summed E-state index contributed by atoms with van der Waals surface area (Å²) in [4.78, 5) is 40.8. The summed E-state index contributed by atoms with van der Waals surface area (Å²) < 4.78 is 0. The number of fused-ring (bicyclic) bond motifs is 1. The Kier molecular flexibility index (Phi) is 5.89. The van der Waals surface area contributed by atoms with Gasteiger partial charge >= 0.3 is 11.1 Å². The van der Waals surface area contributed by atoms with Crippen molar-refractivity contribution in [3.05, 3.63) is 48.5 Å². The number of hydrogen-bond acceptors (Lipinski definition) is 5. The van der Waals surface area contributed by atoms with Crippen LogP contribution in [0.2, 0.25) is 0 Å². The van der Waals surface area contributed by atoms with Crippen molar-refractivity contribution in [1.82, 2.24) is 14.9 Å². The Bertz CT molecular complexity index is 853. The molecule has 0 amide bonds. The van der Waals surface area contributed by atoms with Crippen molar-refractivity contribution in [3.8, 4) is 0 Å².